The number of ketones is 1. The van der Waals surface area contributed by atoms with E-state index in [-0.39, 0.29) is 11.3 Å². The van der Waals surface area contributed by atoms with Crippen molar-refractivity contribution in [2.24, 2.45) is 0 Å². The molecule has 5 nitrogen and oxygen atoms in total. The van der Waals surface area contributed by atoms with Crippen LogP contribution in [0.1, 0.15) is 29.7 Å². The van der Waals surface area contributed by atoms with Gasteiger partial charge in [0.1, 0.15) is 11.5 Å². The highest BCUT2D eigenvalue weighted by Gasteiger charge is 2.47. The molecule has 1 aliphatic heterocycles. The quantitative estimate of drug-likeness (QED) is 0.218. The van der Waals surface area contributed by atoms with E-state index >= 15 is 0 Å². The zero-order valence-electron chi connectivity index (χ0n) is 19.6. The van der Waals surface area contributed by atoms with Gasteiger partial charge in [-0.1, -0.05) is 66.7 Å². The predicted octanol–water partition coefficient (Wildman–Crippen LogP) is 6.17. The highest BCUT2D eigenvalue weighted by atomic mass is 16.5. The molecule has 1 heterocycles. The average Bonchev–Trinajstić information content (AvgIpc) is 3.14. The van der Waals surface area contributed by atoms with E-state index in [1.807, 2.05) is 74.5 Å². The van der Waals surface area contributed by atoms with Gasteiger partial charge in [-0.15, -0.1) is 0 Å². The minimum Gasteiger partial charge on any atom is -0.507 e. The number of Topliss-reactive ketones (excluding diaryl/α,β-unsaturated/α-hetero) is 1. The molecule has 4 aromatic carbocycles. The Kier molecular flexibility index (Phi) is 5.83. The van der Waals surface area contributed by atoms with Crippen molar-refractivity contribution in [3.63, 3.8) is 0 Å². The van der Waals surface area contributed by atoms with Gasteiger partial charge in [-0.2, -0.15) is 0 Å². The molecule has 0 saturated carbocycles. The van der Waals surface area contributed by atoms with E-state index in [9.17, 15) is 14.7 Å². The molecule has 0 bridgehead atoms. The van der Waals surface area contributed by atoms with Crippen LogP contribution in [0, 0.1) is 6.92 Å². The third-order valence-electron chi connectivity index (χ3n) is 6.40. The second kappa shape index (κ2) is 9.11. The zero-order valence-corrected chi connectivity index (χ0v) is 19.6. The van der Waals surface area contributed by atoms with Crippen LogP contribution in [0.15, 0.2) is 96.6 Å². The molecule has 5 rings (SSSR count). The Morgan fingerprint density at radius 3 is 2.31 bits per heavy atom. The number of carbonyl (C=O) groups is 2. The van der Waals surface area contributed by atoms with Gasteiger partial charge in [0, 0.05) is 11.3 Å². The lowest BCUT2D eigenvalue weighted by Gasteiger charge is -2.27. The predicted molar refractivity (Wildman–Crippen MR) is 138 cm³/mol. The Hall–Kier alpha value is -4.38. The van der Waals surface area contributed by atoms with Crippen molar-refractivity contribution in [1.82, 2.24) is 0 Å². The van der Waals surface area contributed by atoms with Gasteiger partial charge in [0.15, 0.2) is 0 Å². The van der Waals surface area contributed by atoms with E-state index in [4.69, 9.17) is 4.74 Å². The van der Waals surface area contributed by atoms with Crippen molar-refractivity contribution in [3.8, 4) is 5.75 Å². The summed E-state index contributed by atoms with van der Waals surface area (Å²) in [4.78, 5) is 28.4. The minimum absolute atomic E-state index is 0.0783. The number of hydrogen-bond acceptors (Lipinski definition) is 4. The fourth-order valence-corrected chi connectivity index (χ4v) is 4.73. The molecule has 0 aromatic heterocycles. The number of benzene rings is 4. The summed E-state index contributed by atoms with van der Waals surface area (Å²) < 4.78 is 5.54. The molecule has 1 unspecified atom stereocenters. The van der Waals surface area contributed by atoms with Gasteiger partial charge < -0.3 is 9.84 Å². The van der Waals surface area contributed by atoms with Crippen LogP contribution in [0.2, 0.25) is 0 Å². The standard InChI is InChI=1S/C30H25NO4/c1-3-35-22-17-15-21(16-18-22)31-27(23-12-6-4-9-19(23)2)26(29(33)30(31)34)28(32)25-14-8-11-20-10-5-7-13-24(20)25/h4-18,27,32H,3H2,1-2H3/b28-26+. The van der Waals surface area contributed by atoms with E-state index in [0.717, 1.165) is 21.9 Å². The number of carbonyl (C=O) groups excluding carboxylic acids is 2. The number of aliphatic hydroxyl groups is 1. The van der Waals surface area contributed by atoms with E-state index < -0.39 is 17.7 Å². The molecule has 5 heteroatoms. The monoisotopic (exact) mass is 463 g/mol. The Labute approximate surface area is 203 Å². The van der Waals surface area contributed by atoms with Crippen LogP contribution in [0.3, 0.4) is 0 Å². The lowest BCUT2D eigenvalue weighted by molar-refractivity contribution is -0.132. The number of rotatable bonds is 5. The molecular formula is C30H25NO4. The molecule has 4 aromatic rings. The number of aryl methyl sites for hydroxylation is 1. The van der Waals surface area contributed by atoms with Gasteiger partial charge in [0.25, 0.3) is 11.7 Å². The van der Waals surface area contributed by atoms with Gasteiger partial charge in [-0.25, -0.2) is 0 Å². The maximum absolute atomic E-state index is 13.5. The van der Waals surface area contributed by atoms with Crippen LogP contribution in [0.5, 0.6) is 5.75 Å². The number of hydrogen-bond donors (Lipinski definition) is 1. The largest absolute Gasteiger partial charge is 0.507 e. The summed E-state index contributed by atoms with van der Waals surface area (Å²) in [7, 11) is 0. The van der Waals surface area contributed by atoms with Crippen molar-refractivity contribution in [1.29, 1.82) is 0 Å². The summed E-state index contributed by atoms with van der Waals surface area (Å²) in [5.41, 5.74) is 2.85. The number of nitrogens with zero attached hydrogens (tertiary/aromatic N) is 1. The van der Waals surface area contributed by atoms with Crippen LogP contribution in [0.25, 0.3) is 16.5 Å². The van der Waals surface area contributed by atoms with E-state index in [1.165, 1.54) is 4.90 Å². The van der Waals surface area contributed by atoms with Gasteiger partial charge in [-0.05, 0) is 60.0 Å². The maximum Gasteiger partial charge on any atom is 0.300 e. The van der Waals surface area contributed by atoms with E-state index in [0.29, 0.717) is 23.6 Å². The van der Waals surface area contributed by atoms with Crippen LogP contribution in [-0.4, -0.2) is 23.4 Å². The van der Waals surface area contributed by atoms with Crippen molar-refractivity contribution >= 4 is 33.9 Å². The van der Waals surface area contributed by atoms with Gasteiger partial charge in [0.05, 0.1) is 18.2 Å². The summed E-state index contributed by atoms with van der Waals surface area (Å²) >= 11 is 0. The molecule has 174 valence electrons. The summed E-state index contributed by atoms with van der Waals surface area (Å²) in [6, 6.07) is 27.1. The fraction of sp³-hybridized carbons (Fsp3) is 0.133. The van der Waals surface area contributed by atoms with Gasteiger partial charge in [0.2, 0.25) is 0 Å². The highest BCUT2D eigenvalue weighted by molar-refractivity contribution is 6.51. The first-order chi connectivity index (χ1) is 17.0. The number of amides is 1. The average molecular weight is 464 g/mol. The Morgan fingerprint density at radius 2 is 1.57 bits per heavy atom. The van der Waals surface area contributed by atoms with E-state index in [1.54, 1.807) is 30.3 Å². The molecule has 0 spiro atoms. The molecular weight excluding hydrogens is 438 g/mol. The first-order valence-electron chi connectivity index (χ1n) is 11.6. The van der Waals surface area contributed by atoms with Crippen LogP contribution >= 0.6 is 0 Å². The number of fused-ring (bicyclic) bond motifs is 1. The normalized spacial score (nSPS) is 17.2. The topological polar surface area (TPSA) is 66.8 Å². The Balaban J connectivity index is 1.74. The molecule has 1 fully saturated rings. The SMILES string of the molecule is CCOc1ccc(N2C(=O)C(=O)/C(=C(/O)c3cccc4ccccc34)C2c2ccccc2C)cc1. The molecule has 1 aliphatic rings. The molecule has 1 N–H and O–H groups in total. The summed E-state index contributed by atoms with van der Waals surface area (Å²) in [6.45, 7) is 4.36. The molecule has 35 heavy (non-hydrogen) atoms. The fourth-order valence-electron chi connectivity index (χ4n) is 4.73. The van der Waals surface area contributed by atoms with Crippen molar-refractivity contribution in [2.45, 2.75) is 19.9 Å². The number of ether oxygens (including phenoxy) is 1. The summed E-state index contributed by atoms with van der Waals surface area (Å²) in [6.07, 6.45) is 0. The minimum atomic E-state index is -0.770. The first-order valence-corrected chi connectivity index (χ1v) is 11.6. The Bertz CT molecular complexity index is 1460. The van der Waals surface area contributed by atoms with E-state index in [2.05, 4.69) is 0 Å². The van der Waals surface area contributed by atoms with Crippen LogP contribution in [-0.2, 0) is 9.59 Å². The lowest BCUT2D eigenvalue weighted by Crippen LogP contribution is -2.29. The molecule has 1 saturated heterocycles. The lowest BCUT2D eigenvalue weighted by atomic mass is 9.91. The van der Waals surface area contributed by atoms with Crippen molar-refractivity contribution < 1.29 is 19.4 Å². The second-order valence-electron chi connectivity index (χ2n) is 8.48. The third kappa shape index (κ3) is 3.85. The van der Waals surface area contributed by atoms with Gasteiger partial charge >= 0.3 is 0 Å². The number of aliphatic hydroxyl groups excluding tert-OH is 1. The molecule has 0 aliphatic carbocycles. The highest BCUT2D eigenvalue weighted by Crippen LogP contribution is 2.44. The first kappa shape index (κ1) is 22.4. The maximum atomic E-state index is 13.5. The Morgan fingerprint density at radius 1 is 0.886 bits per heavy atom. The van der Waals surface area contributed by atoms with Crippen LogP contribution in [0.4, 0.5) is 5.69 Å². The molecule has 1 amide bonds. The summed E-state index contributed by atoms with van der Waals surface area (Å²) in [5.74, 6) is -0.889. The zero-order chi connectivity index (χ0) is 24.5. The smallest absolute Gasteiger partial charge is 0.300 e. The molecule has 0 radical (unpaired) electrons. The van der Waals surface area contributed by atoms with Crippen molar-refractivity contribution in [3.05, 3.63) is 113 Å². The van der Waals surface area contributed by atoms with Gasteiger partial charge in [-0.3, -0.25) is 14.5 Å². The third-order valence-corrected chi connectivity index (χ3v) is 6.40. The number of anilines is 1. The molecule has 1 atom stereocenters. The summed E-state index contributed by atoms with van der Waals surface area (Å²) in [5, 5.41) is 13.3. The van der Waals surface area contributed by atoms with Crippen molar-refractivity contribution in [2.75, 3.05) is 11.5 Å². The van der Waals surface area contributed by atoms with Crippen LogP contribution < -0.4 is 9.64 Å². The second-order valence-corrected chi connectivity index (χ2v) is 8.48.